The van der Waals surface area contributed by atoms with Gasteiger partial charge in [0.1, 0.15) is 23.0 Å². The first-order valence-electron chi connectivity index (χ1n) is 12.9. The molecule has 4 rings (SSSR count). The van der Waals surface area contributed by atoms with Gasteiger partial charge in [0.25, 0.3) is 0 Å². The quantitative estimate of drug-likeness (QED) is 0.141. The van der Waals surface area contributed by atoms with E-state index in [0.29, 0.717) is 34.1 Å². The normalized spacial score (nSPS) is 11.9. The molecular formula is C33H30O9. The van der Waals surface area contributed by atoms with Crippen LogP contribution >= 0.6 is 0 Å². The lowest BCUT2D eigenvalue weighted by Crippen LogP contribution is -2.25. The molecule has 9 heteroatoms. The molecule has 4 aromatic rings. The van der Waals surface area contributed by atoms with Crippen molar-refractivity contribution in [2.45, 2.75) is 12.2 Å². The molecule has 0 heterocycles. The van der Waals surface area contributed by atoms with E-state index in [1.165, 1.54) is 52.7 Å². The van der Waals surface area contributed by atoms with Crippen molar-refractivity contribution in [1.29, 1.82) is 0 Å². The molecule has 0 bridgehead atoms. The Morgan fingerprint density at radius 2 is 0.786 bits per heavy atom. The zero-order valence-corrected chi connectivity index (χ0v) is 23.6. The lowest BCUT2D eigenvalue weighted by atomic mass is 9.99. The highest BCUT2D eigenvalue weighted by Crippen LogP contribution is 2.32. The Morgan fingerprint density at radius 1 is 0.476 bits per heavy atom. The summed E-state index contributed by atoms with van der Waals surface area (Å²) in [5.41, 5.74) is 1.18. The molecule has 0 saturated carbocycles. The molecule has 216 valence electrons. The molecule has 0 aromatic heterocycles. The lowest BCUT2D eigenvalue weighted by Gasteiger charge is -2.21. The predicted molar refractivity (Wildman–Crippen MR) is 154 cm³/mol. The van der Waals surface area contributed by atoms with E-state index in [0.717, 1.165) is 0 Å². The maximum absolute atomic E-state index is 13.7. The number of Topliss-reactive ketones (excluding diaryl/α,β-unsaturated/α-hetero) is 2. The predicted octanol–water partition coefficient (Wildman–Crippen LogP) is 6.42. The first-order chi connectivity index (χ1) is 20.4. The third-order valence-electron chi connectivity index (χ3n) is 6.38. The average Bonchev–Trinajstić information content (AvgIpc) is 3.05. The smallest absolute Gasteiger partial charge is 0.497 e. The number of carbonyl (C=O) groups is 3. The highest BCUT2D eigenvalue weighted by molar-refractivity contribution is 6.02. The fourth-order valence-corrected chi connectivity index (χ4v) is 4.22. The number of benzene rings is 4. The third kappa shape index (κ3) is 7.06. The van der Waals surface area contributed by atoms with Gasteiger partial charge in [-0.25, -0.2) is 4.79 Å². The molecule has 0 spiro atoms. The Hall–Kier alpha value is -5.31. The van der Waals surface area contributed by atoms with Crippen molar-refractivity contribution in [3.63, 3.8) is 0 Å². The fourth-order valence-electron chi connectivity index (χ4n) is 4.22. The summed E-state index contributed by atoms with van der Waals surface area (Å²) in [6, 6.07) is 26.3. The summed E-state index contributed by atoms with van der Waals surface area (Å²) in [4.78, 5) is 40.8. The van der Waals surface area contributed by atoms with Gasteiger partial charge >= 0.3 is 6.16 Å². The van der Waals surface area contributed by atoms with Crippen LogP contribution in [0.3, 0.4) is 0 Å². The van der Waals surface area contributed by atoms with Crippen LogP contribution in [-0.4, -0.2) is 46.2 Å². The van der Waals surface area contributed by atoms with E-state index < -0.39 is 29.9 Å². The van der Waals surface area contributed by atoms with Crippen molar-refractivity contribution in [3.8, 4) is 23.0 Å². The zero-order chi connectivity index (χ0) is 30.1. The molecule has 0 saturated heterocycles. The van der Waals surface area contributed by atoms with E-state index in [9.17, 15) is 14.4 Å². The molecule has 0 aliphatic carbocycles. The molecule has 0 fully saturated rings. The second kappa shape index (κ2) is 13.8. The first-order valence-corrected chi connectivity index (χ1v) is 12.9. The Bertz CT molecular complexity index is 1370. The van der Waals surface area contributed by atoms with Gasteiger partial charge in [-0.15, -0.1) is 0 Å². The largest absolute Gasteiger partial charge is 0.510 e. The second-order valence-corrected chi connectivity index (χ2v) is 9.00. The van der Waals surface area contributed by atoms with Crippen LogP contribution in [-0.2, 0) is 9.47 Å². The molecule has 4 aromatic carbocycles. The lowest BCUT2D eigenvalue weighted by molar-refractivity contribution is 0.00264. The summed E-state index contributed by atoms with van der Waals surface area (Å²) >= 11 is 0. The van der Waals surface area contributed by atoms with Crippen molar-refractivity contribution in [2.75, 3.05) is 28.4 Å². The number of ketones is 2. The van der Waals surface area contributed by atoms with Gasteiger partial charge < -0.3 is 28.4 Å². The number of ether oxygens (including phenoxy) is 6. The maximum Gasteiger partial charge on any atom is 0.510 e. The van der Waals surface area contributed by atoms with E-state index in [2.05, 4.69) is 0 Å². The van der Waals surface area contributed by atoms with Crippen LogP contribution in [0.5, 0.6) is 23.0 Å². The summed E-state index contributed by atoms with van der Waals surface area (Å²) < 4.78 is 32.5. The van der Waals surface area contributed by atoms with Gasteiger partial charge in [-0.1, -0.05) is 60.7 Å². The van der Waals surface area contributed by atoms with Gasteiger partial charge in [0.05, 0.1) is 28.4 Å². The number of rotatable bonds is 12. The molecule has 0 aliphatic rings. The molecule has 2 unspecified atom stereocenters. The standard InChI is InChI=1S/C33H30O9/c1-37-25-15-23(16-26(19-25)38-2)29(34)31(21-11-7-5-8-12-21)41-33(36)42-32(22-13-9-6-10-14-22)30(35)24-17-27(39-3)20-28(18-24)40-4/h5-20,31-32H,1-4H3. The summed E-state index contributed by atoms with van der Waals surface area (Å²) in [6.07, 6.45) is -4.00. The highest BCUT2D eigenvalue weighted by atomic mass is 16.7. The van der Waals surface area contributed by atoms with Crippen LogP contribution in [0.2, 0.25) is 0 Å². The summed E-state index contributed by atoms with van der Waals surface area (Å²) in [7, 11) is 5.85. The average molecular weight is 571 g/mol. The van der Waals surface area contributed by atoms with Gasteiger partial charge in [0.2, 0.25) is 11.6 Å². The van der Waals surface area contributed by atoms with Gasteiger partial charge in [-0.05, 0) is 24.3 Å². The summed E-state index contributed by atoms with van der Waals surface area (Å²) in [6.45, 7) is 0. The van der Waals surface area contributed by atoms with Gasteiger partial charge in [0.15, 0.2) is 12.2 Å². The van der Waals surface area contributed by atoms with Gasteiger partial charge in [-0.3, -0.25) is 9.59 Å². The number of hydrogen-bond acceptors (Lipinski definition) is 9. The second-order valence-electron chi connectivity index (χ2n) is 9.00. The molecule has 42 heavy (non-hydrogen) atoms. The van der Waals surface area contributed by atoms with Crippen molar-refractivity contribution in [3.05, 3.63) is 119 Å². The molecule has 9 nitrogen and oxygen atoms in total. The number of hydrogen-bond donors (Lipinski definition) is 0. The number of methoxy groups -OCH3 is 4. The van der Waals surface area contributed by atoms with Crippen LogP contribution in [0.4, 0.5) is 4.79 Å². The van der Waals surface area contributed by atoms with Crippen molar-refractivity contribution in [1.82, 2.24) is 0 Å². The van der Waals surface area contributed by atoms with Crippen LogP contribution in [0.1, 0.15) is 44.1 Å². The van der Waals surface area contributed by atoms with Crippen LogP contribution in [0, 0.1) is 0 Å². The highest BCUT2D eigenvalue weighted by Gasteiger charge is 2.32. The SMILES string of the molecule is COc1cc(OC)cc(C(=O)C(OC(=O)OC(C(=O)c2cc(OC)cc(OC)c2)c2ccccc2)c2ccccc2)c1. The molecule has 0 aliphatic heterocycles. The minimum absolute atomic E-state index is 0.187. The van der Waals surface area contributed by atoms with Crippen molar-refractivity contribution >= 4 is 17.7 Å². The van der Waals surface area contributed by atoms with E-state index in [4.69, 9.17) is 28.4 Å². The van der Waals surface area contributed by atoms with E-state index in [1.54, 1.807) is 72.8 Å². The minimum Gasteiger partial charge on any atom is -0.497 e. The van der Waals surface area contributed by atoms with Crippen LogP contribution in [0.25, 0.3) is 0 Å². The van der Waals surface area contributed by atoms with Crippen LogP contribution < -0.4 is 18.9 Å². The Kier molecular flexibility index (Phi) is 9.78. The van der Waals surface area contributed by atoms with Crippen molar-refractivity contribution in [2.24, 2.45) is 0 Å². The minimum atomic E-state index is -1.39. The summed E-state index contributed by atoms with van der Waals surface area (Å²) in [5, 5.41) is 0. The monoisotopic (exact) mass is 570 g/mol. The first kappa shape index (κ1) is 29.7. The number of carbonyl (C=O) groups excluding carboxylic acids is 3. The molecule has 0 N–H and O–H groups in total. The van der Waals surface area contributed by atoms with Crippen LogP contribution in [0.15, 0.2) is 97.1 Å². The van der Waals surface area contributed by atoms with Gasteiger partial charge in [0, 0.05) is 34.4 Å². The molecule has 0 amide bonds. The maximum atomic E-state index is 13.7. The zero-order valence-electron chi connectivity index (χ0n) is 23.6. The topological polar surface area (TPSA) is 107 Å². The van der Waals surface area contributed by atoms with Gasteiger partial charge in [-0.2, -0.15) is 0 Å². The molecule has 2 atom stereocenters. The Labute approximate surface area is 243 Å². The Morgan fingerprint density at radius 3 is 1.07 bits per heavy atom. The van der Waals surface area contributed by atoms with E-state index in [-0.39, 0.29) is 11.1 Å². The third-order valence-corrected chi connectivity index (χ3v) is 6.38. The van der Waals surface area contributed by atoms with Crippen molar-refractivity contribution < 1.29 is 42.8 Å². The van der Waals surface area contributed by atoms with E-state index in [1.807, 2.05) is 0 Å². The fraction of sp³-hybridized carbons (Fsp3) is 0.182. The van der Waals surface area contributed by atoms with E-state index >= 15 is 0 Å². The molecular weight excluding hydrogens is 540 g/mol. The Balaban J connectivity index is 1.67. The molecule has 0 radical (unpaired) electrons. The summed E-state index contributed by atoms with van der Waals surface area (Å²) in [5.74, 6) is 0.447.